The fraction of sp³-hybridized carbons (Fsp3) is 0.833. The van der Waals surface area contributed by atoms with Crippen LogP contribution in [0.25, 0.3) is 0 Å². The molecule has 0 aliphatic carbocycles. The van der Waals surface area contributed by atoms with Gasteiger partial charge in [-0.1, -0.05) is 0 Å². The van der Waals surface area contributed by atoms with Crippen LogP contribution < -0.4 is 0 Å². The monoisotopic (exact) mass is 128 g/mol. The maximum absolute atomic E-state index is 7.26. The van der Waals surface area contributed by atoms with Gasteiger partial charge in [-0.2, -0.15) is 0 Å². The van der Waals surface area contributed by atoms with E-state index in [0.717, 1.165) is 26.3 Å². The van der Waals surface area contributed by atoms with Crippen molar-refractivity contribution in [2.45, 2.75) is 6.92 Å². The topological polar surface area (TPSA) is 36.3 Å². The molecule has 0 unspecified atom stereocenters. The van der Waals surface area contributed by atoms with Crippen LogP contribution >= 0.6 is 0 Å². The summed E-state index contributed by atoms with van der Waals surface area (Å²) in [7, 11) is 0. The molecule has 1 N–H and O–H groups in total. The Morgan fingerprint density at radius 3 is 2.33 bits per heavy atom. The van der Waals surface area contributed by atoms with Crippen LogP contribution in [-0.4, -0.2) is 37.0 Å². The van der Waals surface area contributed by atoms with E-state index >= 15 is 0 Å². The summed E-state index contributed by atoms with van der Waals surface area (Å²) in [5, 5.41) is 7.26. The summed E-state index contributed by atoms with van der Waals surface area (Å²) < 4.78 is 5.11. The average molecular weight is 128 g/mol. The third-order valence-corrected chi connectivity index (χ3v) is 1.49. The second-order valence-corrected chi connectivity index (χ2v) is 2.18. The van der Waals surface area contributed by atoms with Gasteiger partial charge in [0.1, 0.15) is 0 Å². The third kappa shape index (κ3) is 1.68. The quantitative estimate of drug-likeness (QED) is 0.376. The highest BCUT2D eigenvalue weighted by Crippen LogP contribution is 1.95. The molecule has 52 valence electrons. The Hall–Kier alpha value is -0.570. The molecule has 0 aromatic rings. The summed E-state index contributed by atoms with van der Waals surface area (Å²) in [6.45, 7) is 5.13. The maximum Gasteiger partial charge on any atom is 0.0927 e. The van der Waals surface area contributed by atoms with Crippen molar-refractivity contribution in [1.29, 1.82) is 5.41 Å². The minimum Gasteiger partial charge on any atom is -0.378 e. The van der Waals surface area contributed by atoms with E-state index in [2.05, 4.69) is 0 Å². The van der Waals surface area contributed by atoms with Crippen LogP contribution in [0.1, 0.15) is 6.92 Å². The van der Waals surface area contributed by atoms with Gasteiger partial charge in [0, 0.05) is 13.1 Å². The Labute approximate surface area is 55.1 Å². The zero-order valence-electron chi connectivity index (χ0n) is 5.68. The van der Waals surface area contributed by atoms with E-state index < -0.39 is 0 Å². The van der Waals surface area contributed by atoms with Crippen LogP contribution in [-0.2, 0) is 4.74 Å². The van der Waals surface area contributed by atoms with Gasteiger partial charge in [0.25, 0.3) is 0 Å². The van der Waals surface area contributed by atoms with E-state index in [9.17, 15) is 0 Å². The lowest BCUT2D eigenvalue weighted by Gasteiger charge is -2.27. The molecule has 1 aliphatic heterocycles. The minimum absolute atomic E-state index is 0.651. The van der Waals surface area contributed by atoms with Crippen molar-refractivity contribution in [3.05, 3.63) is 0 Å². The molecule has 0 aromatic carbocycles. The van der Waals surface area contributed by atoms with Gasteiger partial charge in [-0.15, -0.1) is 0 Å². The first-order valence-corrected chi connectivity index (χ1v) is 3.18. The van der Waals surface area contributed by atoms with Crippen molar-refractivity contribution >= 4 is 5.84 Å². The van der Waals surface area contributed by atoms with E-state index in [-0.39, 0.29) is 0 Å². The third-order valence-electron chi connectivity index (χ3n) is 1.49. The van der Waals surface area contributed by atoms with Crippen LogP contribution in [0.15, 0.2) is 0 Å². The van der Waals surface area contributed by atoms with Crippen molar-refractivity contribution < 1.29 is 4.74 Å². The number of hydrogen-bond acceptors (Lipinski definition) is 2. The second-order valence-electron chi connectivity index (χ2n) is 2.18. The van der Waals surface area contributed by atoms with Crippen LogP contribution in [0.3, 0.4) is 0 Å². The number of nitrogens with one attached hydrogen (secondary N) is 1. The number of hydrogen-bond donors (Lipinski definition) is 1. The molecule has 0 saturated carbocycles. The number of ether oxygens (including phenoxy) is 1. The molecule has 1 heterocycles. The molecule has 1 rings (SSSR count). The van der Waals surface area contributed by atoms with Gasteiger partial charge >= 0.3 is 0 Å². The molecule has 3 heteroatoms. The molecule has 0 aromatic heterocycles. The molecule has 1 aliphatic rings. The minimum atomic E-state index is 0.651. The average Bonchev–Trinajstić information content (AvgIpc) is 1.90. The van der Waals surface area contributed by atoms with E-state index in [4.69, 9.17) is 10.1 Å². The van der Waals surface area contributed by atoms with E-state index in [1.54, 1.807) is 0 Å². The van der Waals surface area contributed by atoms with Crippen molar-refractivity contribution in [2.24, 2.45) is 0 Å². The van der Waals surface area contributed by atoms with Gasteiger partial charge in [0.2, 0.25) is 0 Å². The van der Waals surface area contributed by atoms with Crippen molar-refractivity contribution in [3.63, 3.8) is 0 Å². The first-order valence-electron chi connectivity index (χ1n) is 3.18. The molecule has 0 atom stereocenters. The first-order chi connectivity index (χ1) is 4.30. The Morgan fingerprint density at radius 1 is 1.44 bits per heavy atom. The van der Waals surface area contributed by atoms with E-state index in [1.807, 2.05) is 11.8 Å². The first kappa shape index (κ1) is 6.55. The SMILES string of the molecule is CC(=N)N1CCOCC1. The van der Waals surface area contributed by atoms with Crippen LogP contribution in [0.4, 0.5) is 0 Å². The second kappa shape index (κ2) is 2.82. The molecule has 1 saturated heterocycles. The standard InChI is InChI=1S/C6H12N2O/c1-6(7)8-2-4-9-5-3-8/h7H,2-5H2,1H3. The molecule has 3 nitrogen and oxygen atoms in total. The van der Waals surface area contributed by atoms with Gasteiger partial charge < -0.3 is 9.64 Å². The number of nitrogens with zero attached hydrogens (tertiary/aromatic N) is 1. The zero-order valence-corrected chi connectivity index (χ0v) is 5.68. The molecule has 1 fully saturated rings. The molecular weight excluding hydrogens is 116 g/mol. The normalized spacial score (nSPS) is 19.9. The fourth-order valence-corrected chi connectivity index (χ4v) is 0.899. The largest absolute Gasteiger partial charge is 0.378 e. The number of amidine groups is 1. The van der Waals surface area contributed by atoms with Crippen molar-refractivity contribution in [1.82, 2.24) is 4.90 Å². The summed E-state index contributed by atoms with van der Waals surface area (Å²) >= 11 is 0. The Balaban J connectivity index is 2.31. The molecule has 0 spiro atoms. The smallest absolute Gasteiger partial charge is 0.0927 e. The van der Waals surface area contributed by atoms with Gasteiger partial charge in [-0.3, -0.25) is 5.41 Å². The van der Waals surface area contributed by atoms with E-state index in [1.165, 1.54) is 0 Å². The highest BCUT2D eigenvalue weighted by atomic mass is 16.5. The summed E-state index contributed by atoms with van der Waals surface area (Å²) in [6.07, 6.45) is 0. The van der Waals surface area contributed by atoms with Crippen LogP contribution in [0, 0.1) is 5.41 Å². The van der Waals surface area contributed by atoms with Gasteiger partial charge in [0.05, 0.1) is 19.0 Å². The van der Waals surface area contributed by atoms with Crippen LogP contribution in [0.5, 0.6) is 0 Å². The lowest BCUT2D eigenvalue weighted by Crippen LogP contribution is -2.38. The zero-order chi connectivity index (χ0) is 6.69. The summed E-state index contributed by atoms with van der Waals surface area (Å²) in [5.74, 6) is 0.651. The predicted molar refractivity (Wildman–Crippen MR) is 35.8 cm³/mol. The van der Waals surface area contributed by atoms with Crippen molar-refractivity contribution in [3.8, 4) is 0 Å². The predicted octanol–water partition coefficient (Wildman–Crippen LogP) is 0.316. The fourth-order valence-electron chi connectivity index (χ4n) is 0.899. The Bertz CT molecular complexity index is 108. The highest BCUT2D eigenvalue weighted by molar-refractivity contribution is 5.76. The van der Waals surface area contributed by atoms with E-state index in [0.29, 0.717) is 5.84 Å². The Kier molecular flexibility index (Phi) is 2.05. The lowest BCUT2D eigenvalue weighted by molar-refractivity contribution is 0.0675. The summed E-state index contributed by atoms with van der Waals surface area (Å²) in [5.41, 5.74) is 0. The number of morpholine rings is 1. The van der Waals surface area contributed by atoms with Gasteiger partial charge in [-0.05, 0) is 6.92 Å². The molecular formula is C6H12N2O. The molecule has 9 heavy (non-hydrogen) atoms. The molecule has 0 bridgehead atoms. The molecule has 0 amide bonds. The number of rotatable bonds is 0. The van der Waals surface area contributed by atoms with Gasteiger partial charge in [0.15, 0.2) is 0 Å². The highest BCUT2D eigenvalue weighted by Gasteiger charge is 2.08. The summed E-state index contributed by atoms with van der Waals surface area (Å²) in [6, 6.07) is 0. The van der Waals surface area contributed by atoms with Gasteiger partial charge in [-0.25, -0.2) is 0 Å². The molecule has 0 radical (unpaired) electrons. The van der Waals surface area contributed by atoms with Crippen molar-refractivity contribution in [2.75, 3.05) is 26.3 Å². The maximum atomic E-state index is 7.26. The summed E-state index contributed by atoms with van der Waals surface area (Å²) in [4.78, 5) is 2.02. The van der Waals surface area contributed by atoms with Crippen LogP contribution in [0.2, 0.25) is 0 Å². The Morgan fingerprint density at radius 2 is 2.00 bits per heavy atom. The lowest BCUT2D eigenvalue weighted by atomic mass is 10.4.